The van der Waals surface area contributed by atoms with Crippen molar-refractivity contribution in [1.82, 2.24) is 0 Å². The fourth-order valence-corrected chi connectivity index (χ4v) is 3.37. The molecule has 0 aliphatic carbocycles. The molecule has 0 bridgehead atoms. The summed E-state index contributed by atoms with van der Waals surface area (Å²) in [4.78, 5) is 10.9. The van der Waals surface area contributed by atoms with Gasteiger partial charge < -0.3 is 14.9 Å². The number of aliphatic carboxylic acids is 1. The molecule has 0 amide bonds. The Hall–Kier alpha value is -1.22. The monoisotopic (exact) mass is 542 g/mol. The highest BCUT2D eigenvalue weighted by molar-refractivity contribution is 6.49. The van der Waals surface area contributed by atoms with E-state index in [1.807, 2.05) is 0 Å². The number of benzene rings is 2. The Bertz CT molecular complexity index is 1010. The first kappa shape index (κ1) is 25.0. The fourth-order valence-electron chi connectivity index (χ4n) is 2.18. The third kappa shape index (κ3) is 5.33. The molecule has 1 aliphatic rings. The number of aromatic hydroxyl groups is 1. The highest BCUT2D eigenvalue weighted by Crippen LogP contribution is 2.46. The Morgan fingerprint density at radius 2 is 1.50 bits per heavy atom. The van der Waals surface area contributed by atoms with Crippen LogP contribution in [-0.4, -0.2) is 28.5 Å². The SMILES string of the molecule is O=C(O)C1=Cc2cc(Cl)c(Cl)c(Cl)c2OC1C(F)(F)F.Oc1ccc(Cl)c(Cl)c1Cl. The van der Waals surface area contributed by atoms with Crippen LogP contribution in [0.15, 0.2) is 23.8 Å². The van der Waals surface area contributed by atoms with Crippen molar-refractivity contribution in [3.05, 3.63) is 59.5 Å². The number of carboxylic acid groups (broad SMARTS) is 1. The van der Waals surface area contributed by atoms with Crippen molar-refractivity contribution in [3.8, 4) is 11.5 Å². The highest BCUT2D eigenvalue weighted by atomic mass is 35.5. The lowest BCUT2D eigenvalue weighted by atomic mass is 10.0. The van der Waals surface area contributed by atoms with Gasteiger partial charge in [0.2, 0.25) is 6.10 Å². The average molecular weight is 545 g/mol. The number of carbonyl (C=O) groups is 1. The number of phenols is 1. The van der Waals surface area contributed by atoms with Gasteiger partial charge >= 0.3 is 12.1 Å². The molecular weight excluding hydrogens is 538 g/mol. The number of fused-ring (bicyclic) bond motifs is 1. The molecular formula is C17H7Cl6F3O4. The summed E-state index contributed by atoms with van der Waals surface area (Å²) in [5.74, 6) is -2.16. The van der Waals surface area contributed by atoms with Crippen LogP contribution in [0.25, 0.3) is 6.08 Å². The van der Waals surface area contributed by atoms with Gasteiger partial charge in [0.15, 0.2) is 0 Å². The van der Waals surface area contributed by atoms with Crippen LogP contribution in [0.1, 0.15) is 5.56 Å². The molecule has 1 atom stereocenters. The fraction of sp³-hybridized carbons (Fsp3) is 0.118. The first-order valence-corrected chi connectivity index (χ1v) is 9.70. The minimum Gasteiger partial charge on any atom is -0.506 e. The van der Waals surface area contributed by atoms with Crippen LogP contribution in [0.2, 0.25) is 30.1 Å². The van der Waals surface area contributed by atoms with Crippen LogP contribution < -0.4 is 4.74 Å². The summed E-state index contributed by atoms with van der Waals surface area (Å²) in [6.07, 6.45) is -6.72. The zero-order valence-corrected chi connectivity index (χ0v) is 18.5. The zero-order valence-electron chi connectivity index (χ0n) is 14.0. The first-order chi connectivity index (χ1) is 13.8. The maximum Gasteiger partial charge on any atom is 0.430 e. The molecule has 30 heavy (non-hydrogen) atoms. The molecule has 2 aromatic carbocycles. The zero-order chi connectivity index (χ0) is 23.0. The summed E-state index contributed by atoms with van der Waals surface area (Å²) in [6, 6.07) is 4.04. The normalized spacial score (nSPS) is 15.4. The molecule has 0 fully saturated rings. The maximum atomic E-state index is 12.8. The van der Waals surface area contributed by atoms with E-state index in [-0.39, 0.29) is 42.2 Å². The summed E-state index contributed by atoms with van der Waals surface area (Å²) in [5, 5.41) is 17.9. The van der Waals surface area contributed by atoms with Crippen molar-refractivity contribution < 1.29 is 32.9 Å². The molecule has 1 aliphatic heterocycles. The van der Waals surface area contributed by atoms with Crippen molar-refractivity contribution in [2.45, 2.75) is 12.3 Å². The molecule has 162 valence electrons. The molecule has 2 aromatic rings. The molecule has 1 unspecified atom stereocenters. The third-order valence-corrected chi connectivity index (χ3v) is 6.06. The predicted molar refractivity (Wildman–Crippen MR) is 111 cm³/mol. The molecule has 2 N–H and O–H groups in total. The number of rotatable bonds is 1. The van der Waals surface area contributed by atoms with Crippen LogP contribution in [0, 0.1) is 0 Å². The minimum atomic E-state index is -4.91. The van der Waals surface area contributed by atoms with E-state index in [0.29, 0.717) is 5.02 Å². The van der Waals surface area contributed by atoms with Gasteiger partial charge in [-0.05, 0) is 24.3 Å². The standard InChI is InChI=1S/C11H4Cl3F3O3.C6H3Cl3O/c12-5-2-3-1-4(10(18)19)9(11(15,16)17)20-8(3)7(14)6(5)13;7-3-1-2-4(10)6(9)5(3)8/h1-2,9H,(H,18,19);1-2,10H. The smallest absolute Gasteiger partial charge is 0.430 e. The van der Waals surface area contributed by atoms with Crippen LogP contribution in [-0.2, 0) is 4.79 Å². The summed E-state index contributed by atoms with van der Waals surface area (Å²) < 4.78 is 43.2. The van der Waals surface area contributed by atoms with E-state index < -0.39 is 23.8 Å². The van der Waals surface area contributed by atoms with E-state index in [2.05, 4.69) is 4.74 Å². The van der Waals surface area contributed by atoms with E-state index >= 15 is 0 Å². The Kier molecular flexibility index (Phi) is 7.94. The largest absolute Gasteiger partial charge is 0.506 e. The van der Waals surface area contributed by atoms with E-state index in [1.165, 1.54) is 18.2 Å². The topological polar surface area (TPSA) is 66.8 Å². The Morgan fingerprint density at radius 3 is 2.00 bits per heavy atom. The second kappa shape index (κ2) is 9.51. The molecule has 3 rings (SSSR count). The molecule has 0 aromatic heterocycles. The predicted octanol–water partition coefficient (Wildman–Crippen LogP) is 7.79. The Labute approximate surface area is 197 Å². The van der Waals surface area contributed by atoms with E-state index in [0.717, 1.165) is 6.08 Å². The summed E-state index contributed by atoms with van der Waals surface area (Å²) >= 11 is 33.9. The molecule has 0 saturated heterocycles. The van der Waals surface area contributed by atoms with Crippen molar-refractivity contribution in [2.24, 2.45) is 0 Å². The van der Waals surface area contributed by atoms with Crippen LogP contribution in [0.5, 0.6) is 11.5 Å². The molecule has 0 saturated carbocycles. The van der Waals surface area contributed by atoms with Gasteiger partial charge in [-0.3, -0.25) is 0 Å². The van der Waals surface area contributed by atoms with Crippen LogP contribution in [0.4, 0.5) is 13.2 Å². The van der Waals surface area contributed by atoms with Crippen molar-refractivity contribution in [3.63, 3.8) is 0 Å². The number of phenolic OH excluding ortho intramolecular Hbond substituents is 1. The number of hydrogen-bond acceptors (Lipinski definition) is 3. The van der Waals surface area contributed by atoms with E-state index in [1.54, 1.807) is 0 Å². The van der Waals surface area contributed by atoms with E-state index in [9.17, 15) is 18.0 Å². The quantitative estimate of drug-likeness (QED) is 0.360. The lowest BCUT2D eigenvalue weighted by molar-refractivity contribution is -0.187. The summed E-state index contributed by atoms with van der Waals surface area (Å²) in [6.45, 7) is 0. The average Bonchev–Trinajstić information content (AvgIpc) is 2.66. The lowest BCUT2D eigenvalue weighted by Gasteiger charge is -2.28. The number of carboxylic acids is 1. The maximum absolute atomic E-state index is 12.8. The summed E-state index contributed by atoms with van der Waals surface area (Å²) in [7, 11) is 0. The molecule has 4 nitrogen and oxygen atoms in total. The van der Waals surface area contributed by atoms with Crippen molar-refractivity contribution >= 4 is 81.7 Å². The van der Waals surface area contributed by atoms with Crippen molar-refractivity contribution in [1.29, 1.82) is 0 Å². The van der Waals surface area contributed by atoms with Gasteiger partial charge in [-0.1, -0.05) is 69.6 Å². The third-order valence-electron chi connectivity index (χ3n) is 3.53. The van der Waals surface area contributed by atoms with Crippen LogP contribution in [0.3, 0.4) is 0 Å². The van der Waals surface area contributed by atoms with Gasteiger partial charge in [0.05, 0.1) is 25.7 Å². The molecule has 13 heteroatoms. The van der Waals surface area contributed by atoms with Crippen LogP contribution >= 0.6 is 69.6 Å². The summed E-state index contributed by atoms with van der Waals surface area (Å²) in [5.41, 5.74) is -0.943. The van der Waals surface area contributed by atoms with Gasteiger partial charge in [-0.15, -0.1) is 0 Å². The molecule has 1 heterocycles. The number of ether oxygens (including phenoxy) is 1. The minimum absolute atomic E-state index is 0.0160. The van der Waals surface area contributed by atoms with Gasteiger partial charge in [-0.2, -0.15) is 13.2 Å². The van der Waals surface area contributed by atoms with Crippen molar-refractivity contribution in [2.75, 3.05) is 0 Å². The molecule has 0 spiro atoms. The molecule has 0 radical (unpaired) electrons. The first-order valence-electron chi connectivity index (χ1n) is 7.43. The van der Waals surface area contributed by atoms with Gasteiger partial charge in [-0.25, -0.2) is 4.79 Å². The number of alkyl halides is 3. The second-order valence-electron chi connectivity index (χ2n) is 5.54. The number of halogens is 9. The Morgan fingerprint density at radius 1 is 0.933 bits per heavy atom. The highest BCUT2D eigenvalue weighted by Gasteiger charge is 2.49. The second-order valence-corrected chi connectivity index (χ2v) is 7.87. The van der Waals surface area contributed by atoms with Gasteiger partial charge in [0.25, 0.3) is 0 Å². The van der Waals surface area contributed by atoms with E-state index in [4.69, 9.17) is 79.8 Å². The lowest BCUT2D eigenvalue weighted by Crippen LogP contribution is -2.40. The Balaban J connectivity index is 0.000000269. The van der Waals surface area contributed by atoms with Gasteiger partial charge in [0.1, 0.15) is 21.5 Å². The number of hydrogen-bond donors (Lipinski definition) is 2. The van der Waals surface area contributed by atoms with Gasteiger partial charge in [0, 0.05) is 5.56 Å².